The van der Waals surface area contributed by atoms with E-state index in [-0.39, 0.29) is 11.4 Å². The first-order valence-corrected chi connectivity index (χ1v) is 9.93. The van der Waals surface area contributed by atoms with Gasteiger partial charge in [0.25, 0.3) is 0 Å². The number of anilines is 1. The SMILES string of the molecule is COc1ccc(-c2nnc(SCC(=O)Nc3ccccc3C(F)(F)F)n2C)cc1OC. The third-order valence-corrected chi connectivity index (χ3v) is 5.34. The van der Waals surface area contributed by atoms with Gasteiger partial charge in [-0.3, -0.25) is 4.79 Å². The highest BCUT2D eigenvalue weighted by Gasteiger charge is 2.33. The second kappa shape index (κ2) is 9.29. The normalized spacial score (nSPS) is 11.3. The largest absolute Gasteiger partial charge is 0.493 e. The first kappa shape index (κ1) is 22.5. The van der Waals surface area contributed by atoms with Crippen LogP contribution in [0.15, 0.2) is 47.6 Å². The third-order valence-electron chi connectivity index (χ3n) is 4.32. The van der Waals surface area contributed by atoms with Crippen LogP contribution in [-0.2, 0) is 18.0 Å². The number of hydrogen-bond acceptors (Lipinski definition) is 6. The number of para-hydroxylation sites is 1. The summed E-state index contributed by atoms with van der Waals surface area (Å²) in [6.07, 6.45) is -4.56. The molecule has 1 heterocycles. The Bertz CT molecular complexity index is 1090. The molecule has 0 aliphatic carbocycles. The van der Waals surface area contributed by atoms with Crippen molar-refractivity contribution < 1.29 is 27.4 Å². The average molecular weight is 452 g/mol. The van der Waals surface area contributed by atoms with Gasteiger partial charge >= 0.3 is 6.18 Å². The van der Waals surface area contributed by atoms with E-state index in [1.165, 1.54) is 32.4 Å². The number of alkyl halides is 3. The zero-order valence-corrected chi connectivity index (χ0v) is 17.7. The van der Waals surface area contributed by atoms with E-state index >= 15 is 0 Å². The Kier molecular flexibility index (Phi) is 6.74. The number of aromatic nitrogens is 3. The molecule has 0 aliphatic heterocycles. The molecule has 3 aromatic rings. The van der Waals surface area contributed by atoms with Crippen LogP contribution >= 0.6 is 11.8 Å². The number of amides is 1. The Morgan fingerprint density at radius 2 is 1.81 bits per heavy atom. The molecule has 0 aliphatic rings. The summed E-state index contributed by atoms with van der Waals surface area (Å²) in [7, 11) is 4.78. The third kappa shape index (κ3) is 5.10. The van der Waals surface area contributed by atoms with Crippen LogP contribution in [0.5, 0.6) is 11.5 Å². The maximum absolute atomic E-state index is 13.1. The number of carbonyl (C=O) groups is 1. The first-order valence-electron chi connectivity index (χ1n) is 8.95. The Hall–Kier alpha value is -3.21. The fraction of sp³-hybridized carbons (Fsp3) is 0.250. The molecule has 164 valence electrons. The van der Waals surface area contributed by atoms with Crippen LogP contribution < -0.4 is 14.8 Å². The van der Waals surface area contributed by atoms with Gasteiger partial charge in [-0.25, -0.2) is 0 Å². The Morgan fingerprint density at radius 1 is 1.10 bits per heavy atom. The highest BCUT2D eigenvalue weighted by molar-refractivity contribution is 7.99. The summed E-state index contributed by atoms with van der Waals surface area (Å²) >= 11 is 1.06. The van der Waals surface area contributed by atoms with E-state index in [2.05, 4.69) is 15.5 Å². The van der Waals surface area contributed by atoms with E-state index in [4.69, 9.17) is 9.47 Å². The Labute approximate surface area is 180 Å². The fourth-order valence-corrected chi connectivity index (χ4v) is 3.53. The molecule has 11 heteroatoms. The first-order chi connectivity index (χ1) is 14.7. The standard InChI is InChI=1S/C20H19F3N4O3S/c1-27-18(12-8-9-15(29-2)16(10-12)30-3)25-26-19(27)31-11-17(28)24-14-7-5-4-6-13(14)20(21,22)23/h4-10H,11H2,1-3H3,(H,24,28). The van der Waals surface area contributed by atoms with Crippen LogP contribution in [0.1, 0.15) is 5.56 Å². The molecule has 7 nitrogen and oxygen atoms in total. The number of halogens is 3. The van der Waals surface area contributed by atoms with E-state index in [1.807, 2.05) is 0 Å². The lowest BCUT2D eigenvalue weighted by Gasteiger charge is -2.13. The second-order valence-electron chi connectivity index (χ2n) is 6.32. The predicted octanol–water partition coefficient (Wildman–Crippen LogP) is 4.25. The predicted molar refractivity (Wildman–Crippen MR) is 110 cm³/mol. The molecule has 31 heavy (non-hydrogen) atoms. The summed E-state index contributed by atoms with van der Waals surface area (Å²) in [4.78, 5) is 12.2. The van der Waals surface area contributed by atoms with Crippen molar-refractivity contribution >= 4 is 23.4 Å². The van der Waals surface area contributed by atoms with E-state index < -0.39 is 17.6 Å². The van der Waals surface area contributed by atoms with Crippen molar-refractivity contribution in [1.29, 1.82) is 0 Å². The molecular formula is C20H19F3N4O3S. The van der Waals surface area contributed by atoms with Gasteiger partial charge in [0.15, 0.2) is 22.5 Å². The van der Waals surface area contributed by atoms with Gasteiger partial charge in [0.2, 0.25) is 5.91 Å². The van der Waals surface area contributed by atoms with Crippen LogP contribution in [0, 0.1) is 0 Å². The van der Waals surface area contributed by atoms with Gasteiger partial charge in [0.1, 0.15) is 0 Å². The van der Waals surface area contributed by atoms with Crippen molar-refractivity contribution in [2.45, 2.75) is 11.3 Å². The molecule has 0 fully saturated rings. The minimum Gasteiger partial charge on any atom is -0.493 e. The minimum atomic E-state index is -4.56. The monoisotopic (exact) mass is 452 g/mol. The summed E-state index contributed by atoms with van der Waals surface area (Å²) in [5, 5.41) is 11.0. The highest BCUT2D eigenvalue weighted by atomic mass is 32.2. The van der Waals surface area contributed by atoms with Gasteiger partial charge in [-0.15, -0.1) is 10.2 Å². The molecule has 1 aromatic heterocycles. The molecule has 3 rings (SSSR count). The van der Waals surface area contributed by atoms with E-state index in [0.29, 0.717) is 22.5 Å². The zero-order chi connectivity index (χ0) is 22.6. The lowest BCUT2D eigenvalue weighted by atomic mass is 10.1. The van der Waals surface area contributed by atoms with Gasteiger partial charge in [-0.1, -0.05) is 23.9 Å². The molecule has 1 amide bonds. The fourth-order valence-electron chi connectivity index (χ4n) is 2.82. The van der Waals surface area contributed by atoms with E-state index in [0.717, 1.165) is 23.4 Å². The van der Waals surface area contributed by atoms with Gasteiger partial charge in [-0.2, -0.15) is 13.2 Å². The van der Waals surface area contributed by atoms with Gasteiger partial charge in [-0.05, 0) is 30.3 Å². The molecule has 2 aromatic carbocycles. The van der Waals surface area contributed by atoms with E-state index in [1.54, 1.807) is 29.8 Å². The molecule has 0 bridgehead atoms. The lowest BCUT2D eigenvalue weighted by Crippen LogP contribution is -2.18. The minimum absolute atomic E-state index is 0.135. The van der Waals surface area contributed by atoms with Crippen LogP contribution in [0.3, 0.4) is 0 Å². The second-order valence-corrected chi connectivity index (χ2v) is 7.26. The molecule has 0 saturated carbocycles. The van der Waals surface area contributed by atoms with Crippen LogP contribution in [0.2, 0.25) is 0 Å². The smallest absolute Gasteiger partial charge is 0.418 e. The summed E-state index contributed by atoms with van der Waals surface area (Å²) in [5.41, 5.74) is -0.463. The summed E-state index contributed by atoms with van der Waals surface area (Å²) in [6.45, 7) is 0. The Morgan fingerprint density at radius 3 is 2.48 bits per heavy atom. The summed E-state index contributed by atoms with van der Waals surface area (Å²) in [5.74, 6) is 0.909. The number of methoxy groups -OCH3 is 2. The quantitative estimate of drug-likeness (QED) is 0.540. The number of nitrogens with one attached hydrogen (secondary N) is 1. The molecule has 0 unspecified atom stereocenters. The molecule has 0 saturated heterocycles. The average Bonchev–Trinajstić information content (AvgIpc) is 3.11. The number of rotatable bonds is 7. The van der Waals surface area contributed by atoms with Crippen molar-refractivity contribution in [2.24, 2.45) is 7.05 Å². The lowest BCUT2D eigenvalue weighted by molar-refractivity contribution is -0.137. The van der Waals surface area contributed by atoms with Crippen LogP contribution in [-0.4, -0.2) is 40.6 Å². The van der Waals surface area contributed by atoms with Crippen molar-refractivity contribution in [3.05, 3.63) is 48.0 Å². The van der Waals surface area contributed by atoms with E-state index in [9.17, 15) is 18.0 Å². The molecule has 0 radical (unpaired) electrons. The number of hydrogen-bond donors (Lipinski definition) is 1. The maximum Gasteiger partial charge on any atom is 0.418 e. The van der Waals surface area contributed by atoms with Gasteiger partial charge in [0, 0.05) is 12.6 Å². The number of benzene rings is 2. The van der Waals surface area contributed by atoms with Gasteiger partial charge < -0.3 is 19.4 Å². The van der Waals surface area contributed by atoms with Crippen LogP contribution in [0.4, 0.5) is 18.9 Å². The van der Waals surface area contributed by atoms with Crippen molar-refractivity contribution in [3.63, 3.8) is 0 Å². The molecule has 1 N–H and O–H groups in total. The Balaban J connectivity index is 1.71. The van der Waals surface area contributed by atoms with Gasteiger partial charge in [0.05, 0.1) is 31.2 Å². The zero-order valence-electron chi connectivity index (χ0n) is 16.9. The molecule has 0 spiro atoms. The van der Waals surface area contributed by atoms with Crippen molar-refractivity contribution in [1.82, 2.24) is 14.8 Å². The molecular weight excluding hydrogens is 433 g/mol. The summed E-state index contributed by atoms with van der Waals surface area (Å²) < 4.78 is 51.4. The number of thioether (sulfide) groups is 1. The number of nitrogens with zero attached hydrogens (tertiary/aromatic N) is 3. The molecule has 0 atom stereocenters. The number of ether oxygens (including phenoxy) is 2. The van der Waals surface area contributed by atoms with Crippen LogP contribution in [0.25, 0.3) is 11.4 Å². The van der Waals surface area contributed by atoms with Crippen molar-refractivity contribution in [3.8, 4) is 22.9 Å². The van der Waals surface area contributed by atoms with Crippen molar-refractivity contribution in [2.75, 3.05) is 25.3 Å². The number of carbonyl (C=O) groups excluding carboxylic acids is 1. The topological polar surface area (TPSA) is 78.3 Å². The maximum atomic E-state index is 13.1. The summed E-state index contributed by atoms with van der Waals surface area (Å²) in [6, 6.07) is 10.1. The highest BCUT2D eigenvalue weighted by Crippen LogP contribution is 2.35.